The fourth-order valence-electron chi connectivity index (χ4n) is 1.64. The molecule has 4 nitrogen and oxygen atoms in total. The molecule has 0 saturated carbocycles. The first-order valence-electron chi connectivity index (χ1n) is 6.00. The largest absolute Gasteiger partial charge is 0.402 e. The second-order valence-corrected chi connectivity index (χ2v) is 4.50. The van der Waals surface area contributed by atoms with Gasteiger partial charge in [-0.1, -0.05) is 47.0 Å². The number of hydrogen-bond donors (Lipinski definition) is 0. The van der Waals surface area contributed by atoms with E-state index in [2.05, 4.69) is 15.2 Å². The molecule has 3 aromatic rings. The Labute approximate surface area is 120 Å². The number of aromatic nitrogens is 2. The molecule has 20 heavy (non-hydrogen) atoms. The van der Waals surface area contributed by atoms with Crippen LogP contribution in [0.4, 0.5) is 6.01 Å². The SMILES string of the molecule is Clc1ccc(C=Nc2nnc(-c3ccccc3)o2)cc1. The van der Waals surface area contributed by atoms with Crippen LogP contribution < -0.4 is 0 Å². The monoisotopic (exact) mass is 283 g/mol. The molecule has 0 bridgehead atoms. The van der Waals surface area contributed by atoms with Crippen LogP contribution in [0.25, 0.3) is 11.5 Å². The number of hydrogen-bond acceptors (Lipinski definition) is 4. The van der Waals surface area contributed by atoms with Crippen molar-refractivity contribution in [3.63, 3.8) is 0 Å². The average molecular weight is 284 g/mol. The molecule has 0 aliphatic carbocycles. The normalized spacial score (nSPS) is 11.1. The van der Waals surface area contributed by atoms with Gasteiger partial charge in [-0.2, -0.15) is 0 Å². The third kappa shape index (κ3) is 2.92. The van der Waals surface area contributed by atoms with E-state index in [-0.39, 0.29) is 6.01 Å². The van der Waals surface area contributed by atoms with Crippen molar-refractivity contribution in [1.82, 2.24) is 10.2 Å². The maximum Gasteiger partial charge on any atom is 0.342 e. The highest BCUT2D eigenvalue weighted by atomic mass is 35.5. The van der Waals surface area contributed by atoms with Crippen LogP contribution in [0.5, 0.6) is 0 Å². The van der Waals surface area contributed by atoms with E-state index in [0.29, 0.717) is 10.9 Å². The molecule has 0 fully saturated rings. The lowest BCUT2D eigenvalue weighted by Crippen LogP contribution is -1.78. The van der Waals surface area contributed by atoms with Gasteiger partial charge in [0, 0.05) is 16.8 Å². The molecule has 0 radical (unpaired) electrons. The van der Waals surface area contributed by atoms with Crippen LogP contribution in [0.3, 0.4) is 0 Å². The summed E-state index contributed by atoms with van der Waals surface area (Å²) in [6.07, 6.45) is 1.65. The molecule has 5 heteroatoms. The van der Waals surface area contributed by atoms with Crippen LogP contribution in [-0.4, -0.2) is 16.4 Å². The summed E-state index contributed by atoms with van der Waals surface area (Å²) >= 11 is 5.81. The van der Waals surface area contributed by atoms with Gasteiger partial charge in [-0.25, -0.2) is 4.99 Å². The first-order valence-corrected chi connectivity index (χ1v) is 6.37. The van der Waals surface area contributed by atoms with Crippen molar-refractivity contribution in [2.75, 3.05) is 0 Å². The summed E-state index contributed by atoms with van der Waals surface area (Å²) in [7, 11) is 0. The Morgan fingerprint density at radius 1 is 0.950 bits per heavy atom. The van der Waals surface area contributed by atoms with Crippen molar-refractivity contribution in [3.8, 4) is 11.5 Å². The number of benzene rings is 2. The van der Waals surface area contributed by atoms with E-state index in [9.17, 15) is 0 Å². The number of aliphatic imine (C=N–C) groups is 1. The van der Waals surface area contributed by atoms with Crippen LogP contribution in [0.1, 0.15) is 5.56 Å². The van der Waals surface area contributed by atoms with E-state index in [1.165, 1.54) is 0 Å². The predicted octanol–water partition coefficient (Wildman–Crippen LogP) is 4.14. The van der Waals surface area contributed by atoms with E-state index in [1.807, 2.05) is 42.5 Å². The highest BCUT2D eigenvalue weighted by Crippen LogP contribution is 2.20. The van der Waals surface area contributed by atoms with Crippen LogP contribution in [-0.2, 0) is 0 Å². The lowest BCUT2D eigenvalue weighted by Gasteiger charge is -1.92. The molecule has 0 N–H and O–H groups in total. The minimum atomic E-state index is 0.221. The molecular formula is C15H10ClN3O. The van der Waals surface area contributed by atoms with Gasteiger partial charge in [-0.3, -0.25) is 0 Å². The topological polar surface area (TPSA) is 51.3 Å². The van der Waals surface area contributed by atoms with Gasteiger partial charge >= 0.3 is 6.01 Å². The van der Waals surface area contributed by atoms with Gasteiger partial charge in [0.1, 0.15) is 0 Å². The van der Waals surface area contributed by atoms with Crippen LogP contribution in [0.15, 0.2) is 64.0 Å². The summed E-state index contributed by atoms with van der Waals surface area (Å²) in [6, 6.07) is 17.1. The van der Waals surface area contributed by atoms with Gasteiger partial charge in [-0.05, 0) is 29.8 Å². The molecule has 1 heterocycles. The summed E-state index contributed by atoms with van der Waals surface area (Å²) in [4.78, 5) is 4.14. The van der Waals surface area contributed by atoms with Gasteiger partial charge in [0.2, 0.25) is 5.89 Å². The fourth-order valence-corrected chi connectivity index (χ4v) is 1.77. The lowest BCUT2D eigenvalue weighted by molar-refractivity contribution is 0.580. The molecule has 0 unspecified atom stereocenters. The van der Waals surface area contributed by atoms with Gasteiger partial charge < -0.3 is 4.42 Å². The Bertz CT molecular complexity index is 720. The highest BCUT2D eigenvalue weighted by molar-refractivity contribution is 6.30. The van der Waals surface area contributed by atoms with Crippen molar-refractivity contribution in [1.29, 1.82) is 0 Å². The van der Waals surface area contributed by atoms with Crippen LogP contribution in [0, 0.1) is 0 Å². The van der Waals surface area contributed by atoms with Crippen molar-refractivity contribution in [3.05, 3.63) is 65.2 Å². The molecule has 0 amide bonds. The quantitative estimate of drug-likeness (QED) is 0.679. The number of nitrogens with zero attached hydrogens (tertiary/aromatic N) is 3. The van der Waals surface area contributed by atoms with Gasteiger partial charge in [0.05, 0.1) is 0 Å². The Morgan fingerprint density at radius 3 is 2.45 bits per heavy atom. The number of rotatable bonds is 3. The van der Waals surface area contributed by atoms with Crippen LogP contribution >= 0.6 is 11.6 Å². The summed E-state index contributed by atoms with van der Waals surface area (Å²) in [5.74, 6) is 0.453. The third-order valence-electron chi connectivity index (χ3n) is 2.63. The zero-order valence-corrected chi connectivity index (χ0v) is 11.2. The Balaban J connectivity index is 1.79. The molecule has 0 saturated heterocycles. The molecular weight excluding hydrogens is 274 g/mol. The Morgan fingerprint density at radius 2 is 1.70 bits per heavy atom. The van der Waals surface area contributed by atoms with Crippen molar-refractivity contribution >= 4 is 23.8 Å². The van der Waals surface area contributed by atoms with E-state index in [1.54, 1.807) is 18.3 Å². The molecule has 0 spiro atoms. The summed E-state index contributed by atoms with van der Waals surface area (Å²) in [6.45, 7) is 0. The van der Waals surface area contributed by atoms with Crippen molar-refractivity contribution in [2.45, 2.75) is 0 Å². The predicted molar refractivity (Wildman–Crippen MR) is 78.4 cm³/mol. The van der Waals surface area contributed by atoms with Gasteiger partial charge in [0.25, 0.3) is 0 Å². The standard InChI is InChI=1S/C15H10ClN3O/c16-13-8-6-11(7-9-13)10-17-15-19-18-14(20-15)12-4-2-1-3-5-12/h1-10H. The minimum absolute atomic E-state index is 0.221. The zero-order valence-electron chi connectivity index (χ0n) is 10.4. The maximum absolute atomic E-state index is 5.81. The van der Waals surface area contributed by atoms with Crippen molar-refractivity contribution in [2.24, 2.45) is 4.99 Å². The first kappa shape index (κ1) is 12.6. The number of halogens is 1. The summed E-state index contributed by atoms with van der Waals surface area (Å²) in [5.41, 5.74) is 1.78. The molecule has 98 valence electrons. The fraction of sp³-hybridized carbons (Fsp3) is 0. The summed E-state index contributed by atoms with van der Waals surface area (Å²) < 4.78 is 5.47. The second-order valence-electron chi connectivity index (χ2n) is 4.07. The van der Waals surface area contributed by atoms with Crippen molar-refractivity contribution < 1.29 is 4.42 Å². The molecule has 3 rings (SSSR count). The Kier molecular flexibility index (Phi) is 3.56. The second kappa shape index (κ2) is 5.67. The molecule has 2 aromatic carbocycles. The maximum atomic E-state index is 5.81. The molecule has 0 atom stereocenters. The summed E-state index contributed by atoms with van der Waals surface area (Å²) in [5, 5.41) is 8.53. The molecule has 0 aliphatic heterocycles. The van der Waals surface area contributed by atoms with E-state index in [0.717, 1.165) is 11.1 Å². The zero-order chi connectivity index (χ0) is 13.8. The Hall–Kier alpha value is -2.46. The van der Waals surface area contributed by atoms with Gasteiger partial charge in [-0.15, -0.1) is 5.10 Å². The third-order valence-corrected chi connectivity index (χ3v) is 2.88. The molecule has 0 aliphatic rings. The highest BCUT2D eigenvalue weighted by Gasteiger charge is 2.06. The molecule has 1 aromatic heterocycles. The van der Waals surface area contributed by atoms with E-state index < -0.39 is 0 Å². The van der Waals surface area contributed by atoms with Gasteiger partial charge in [0.15, 0.2) is 0 Å². The first-order chi connectivity index (χ1) is 9.81. The van der Waals surface area contributed by atoms with E-state index >= 15 is 0 Å². The van der Waals surface area contributed by atoms with E-state index in [4.69, 9.17) is 16.0 Å². The van der Waals surface area contributed by atoms with Crippen LogP contribution in [0.2, 0.25) is 5.02 Å². The smallest absolute Gasteiger partial charge is 0.342 e. The minimum Gasteiger partial charge on any atom is -0.402 e. The lowest BCUT2D eigenvalue weighted by atomic mass is 10.2. The average Bonchev–Trinajstić information content (AvgIpc) is 2.97.